The Morgan fingerprint density at radius 1 is 1.32 bits per heavy atom. The average Bonchev–Trinajstić information content (AvgIpc) is 3.01. The highest BCUT2D eigenvalue weighted by Crippen LogP contribution is 2.24. The van der Waals surface area contributed by atoms with Crippen molar-refractivity contribution >= 4 is 10.0 Å². The van der Waals surface area contributed by atoms with Gasteiger partial charge in [-0.05, 0) is 19.9 Å². The molecular weight excluding hydrogens is 306 g/mol. The first kappa shape index (κ1) is 15.1. The predicted octanol–water partition coefficient (Wildman–Crippen LogP) is 0.579. The molecule has 1 aliphatic heterocycles. The van der Waals surface area contributed by atoms with Gasteiger partial charge in [0.25, 0.3) is 0 Å². The predicted molar refractivity (Wildman–Crippen MR) is 77.5 cm³/mol. The molecule has 0 radical (unpaired) electrons. The number of H-pyrrole nitrogens is 1. The molecule has 3 rings (SSSR count). The number of hydrogen-bond donors (Lipinski definition) is 1. The standard InChI is InChI=1S/C13H17N5O3S/c1-9-5-10(2)17-13(16-9)12-8-18(3-4-21-12)22(19,20)11-6-14-15-7-11/h5-7,12H,3-4,8H2,1-2H3,(H,14,15)/t12-/m1/s1. The van der Waals surface area contributed by atoms with E-state index in [1.54, 1.807) is 0 Å². The molecule has 0 saturated carbocycles. The summed E-state index contributed by atoms with van der Waals surface area (Å²) < 4.78 is 32.1. The zero-order chi connectivity index (χ0) is 15.7. The third-order valence-corrected chi connectivity index (χ3v) is 5.26. The van der Waals surface area contributed by atoms with Gasteiger partial charge in [-0.15, -0.1) is 0 Å². The van der Waals surface area contributed by atoms with Gasteiger partial charge in [0.1, 0.15) is 11.0 Å². The first-order valence-electron chi connectivity index (χ1n) is 6.89. The SMILES string of the molecule is Cc1cc(C)nc([C@H]2CN(S(=O)(=O)c3cn[nH]c3)CCO2)n1. The number of nitrogens with one attached hydrogen (secondary N) is 1. The smallest absolute Gasteiger partial charge is 0.246 e. The van der Waals surface area contributed by atoms with Crippen molar-refractivity contribution in [2.24, 2.45) is 0 Å². The average molecular weight is 323 g/mol. The summed E-state index contributed by atoms with van der Waals surface area (Å²) in [4.78, 5) is 8.87. The lowest BCUT2D eigenvalue weighted by atomic mass is 10.2. The Balaban J connectivity index is 1.86. The molecule has 2 aromatic heterocycles. The Labute approximate surface area is 128 Å². The van der Waals surface area contributed by atoms with E-state index >= 15 is 0 Å². The molecule has 22 heavy (non-hydrogen) atoms. The number of aromatic amines is 1. The van der Waals surface area contributed by atoms with Gasteiger partial charge in [0.15, 0.2) is 5.82 Å². The summed E-state index contributed by atoms with van der Waals surface area (Å²) in [6.07, 6.45) is 2.20. The van der Waals surface area contributed by atoms with Crippen LogP contribution in [-0.2, 0) is 14.8 Å². The molecule has 1 fully saturated rings. The van der Waals surface area contributed by atoms with Crippen LogP contribution >= 0.6 is 0 Å². The van der Waals surface area contributed by atoms with E-state index in [-0.39, 0.29) is 11.4 Å². The van der Waals surface area contributed by atoms with Gasteiger partial charge in [0.05, 0.1) is 12.8 Å². The van der Waals surface area contributed by atoms with E-state index in [9.17, 15) is 8.42 Å². The summed E-state index contributed by atoms with van der Waals surface area (Å²) in [7, 11) is -3.58. The van der Waals surface area contributed by atoms with E-state index in [0.717, 1.165) is 11.4 Å². The van der Waals surface area contributed by atoms with Gasteiger partial charge in [-0.3, -0.25) is 5.10 Å². The Morgan fingerprint density at radius 3 is 2.68 bits per heavy atom. The minimum Gasteiger partial charge on any atom is -0.367 e. The van der Waals surface area contributed by atoms with Crippen LogP contribution in [0.25, 0.3) is 0 Å². The van der Waals surface area contributed by atoms with Crippen molar-refractivity contribution in [3.8, 4) is 0 Å². The van der Waals surface area contributed by atoms with Crippen LogP contribution in [0, 0.1) is 13.8 Å². The van der Waals surface area contributed by atoms with Crippen molar-refractivity contribution in [2.45, 2.75) is 24.8 Å². The van der Waals surface area contributed by atoms with Crippen LogP contribution in [0.5, 0.6) is 0 Å². The van der Waals surface area contributed by atoms with Crippen molar-refractivity contribution in [1.29, 1.82) is 0 Å². The minimum atomic E-state index is -3.58. The van der Waals surface area contributed by atoms with Crippen LogP contribution in [0.4, 0.5) is 0 Å². The first-order chi connectivity index (χ1) is 10.5. The lowest BCUT2D eigenvalue weighted by Crippen LogP contribution is -2.42. The molecular formula is C13H17N5O3S. The van der Waals surface area contributed by atoms with Crippen molar-refractivity contribution in [2.75, 3.05) is 19.7 Å². The maximum Gasteiger partial charge on any atom is 0.246 e. The van der Waals surface area contributed by atoms with Crippen LogP contribution in [0.15, 0.2) is 23.4 Å². The maximum atomic E-state index is 12.5. The lowest BCUT2D eigenvalue weighted by Gasteiger charge is -2.31. The second kappa shape index (κ2) is 5.75. The molecule has 1 aliphatic rings. The molecule has 1 N–H and O–H groups in total. The molecule has 0 aliphatic carbocycles. The van der Waals surface area contributed by atoms with Crippen molar-refractivity contribution in [3.05, 3.63) is 35.7 Å². The van der Waals surface area contributed by atoms with Gasteiger partial charge in [-0.2, -0.15) is 9.40 Å². The zero-order valence-electron chi connectivity index (χ0n) is 12.4. The number of sulfonamides is 1. The number of aromatic nitrogens is 4. The van der Waals surface area contributed by atoms with Gasteiger partial charge >= 0.3 is 0 Å². The van der Waals surface area contributed by atoms with Crippen molar-refractivity contribution in [3.63, 3.8) is 0 Å². The van der Waals surface area contributed by atoms with Crippen molar-refractivity contribution in [1.82, 2.24) is 24.5 Å². The summed E-state index contributed by atoms with van der Waals surface area (Å²) in [6.45, 7) is 4.55. The lowest BCUT2D eigenvalue weighted by molar-refractivity contribution is -0.00769. The summed E-state index contributed by atoms with van der Waals surface area (Å²) in [5, 5.41) is 6.22. The van der Waals surface area contributed by atoms with Crippen LogP contribution in [-0.4, -0.2) is 52.6 Å². The van der Waals surface area contributed by atoms with Gasteiger partial charge < -0.3 is 4.74 Å². The number of aryl methyl sites for hydroxylation is 2. The molecule has 1 atom stereocenters. The molecule has 9 heteroatoms. The Kier molecular flexibility index (Phi) is 3.94. The maximum absolute atomic E-state index is 12.5. The monoisotopic (exact) mass is 323 g/mol. The molecule has 0 spiro atoms. The fourth-order valence-corrected chi connectivity index (χ4v) is 3.76. The first-order valence-corrected chi connectivity index (χ1v) is 8.33. The normalized spacial score (nSPS) is 20.2. The number of morpholine rings is 1. The molecule has 3 heterocycles. The largest absolute Gasteiger partial charge is 0.367 e. The van der Waals surface area contributed by atoms with E-state index < -0.39 is 16.1 Å². The van der Waals surface area contributed by atoms with Gasteiger partial charge in [0.2, 0.25) is 10.0 Å². The number of rotatable bonds is 3. The summed E-state index contributed by atoms with van der Waals surface area (Å²) >= 11 is 0. The highest BCUT2D eigenvalue weighted by Gasteiger charge is 2.33. The molecule has 0 unspecified atom stereocenters. The highest BCUT2D eigenvalue weighted by atomic mass is 32.2. The second-order valence-electron chi connectivity index (χ2n) is 5.17. The van der Waals surface area contributed by atoms with Crippen LogP contribution in [0.1, 0.15) is 23.3 Å². The number of ether oxygens (including phenoxy) is 1. The molecule has 0 bridgehead atoms. The molecule has 8 nitrogen and oxygen atoms in total. The van der Waals surface area contributed by atoms with Gasteiger partial charge in [0, 0.05) is 30.7 Å². The van der Waals surface area contributed by atoms with E-state index in [2.05, 4.69) is 20.2 Å². The molecule has 0 amide bonds. The summed E-state index contributed by atoms with van der Waals surface area (Å²) in [5.74, 6) is 0.518. The van der Waals surface area contributed by atoms with Gasteiger partial charge in [-0.1, -0.05) is 0 Å². The minimum absolute atomic E-state index is 0.148. The number of nitrogens with zero attached hydrogens (tertiary/aromatic N) is 4. The Hall–Kier alpha value is -1.84. The fraction of sp³-hybridized carbons (Fsp3) is 0.462. The van der Waals surface area contributed by atoms with E-state index in [1.165, 1.54) is 16.7 Å². The molecule has 118 valence electrons. The summed E-state index contributed by atoms with van der Waals surface area (Å²) in [6, 6.07) is 1.87. The van der Waals surface area contributed by atoms with Crippen molar-refractivity contribution < 1.29 is 13.2 Å². The van der Waals surface area contributed by atoms with Crippen LogP contribution < -0.4 is 0 Å². The zero-order valence-corrected chi connectivity index (χ0v) is 13.2. The third-order valence-electron chi connectivity index (χ3n) is 3.43. The van der Waals surface area contributed by atoms with E-state index in [4.69, 9.17) is 4.74 Å². The Bertz CT molecular complexity index is 740. The molecule has 2 aromatic rings. The van der Waals surface area contributed by atoms with Crippen LogP contribution in [0.3, 0.4) is 0 Å². The summed E-state index contributed by atoms with van der Waals surface area (Å²) in [5.41, 5.74) is 1.67. The van der Waals surface area contributed by atoms with E-state index in [1.807, 2.05) is 19.9 Å². The second-order valence-corrected chi connectivity index (χ2v) is 7.10. The number of hydrogen-bond acceptors (Lipinski definition) is 6. The quantitative estimate of drug-likeness (QED) is 0.886. The van der Waals surface area contributed by atoms with E-state index in [0.29, 0.717) is 19.0 Å². The highest BCUT2D eigenvalue weighted by molar-refractivity contribution is 7.89. The Morgan fingerprint density at radius 2 is 2.05 bits per heavy atom. The third kappa shape index (κ3) is 2.87. The van der Waals surface area contributed by atoms with Gasteiger partial charge in [-0.25, -0.2) is 18.4 Å². The molecule has 1 saturated heterocycles. The topological polar surface area (TPSA) is 101 Å². The molecule has 0 aromatic carbocycles. The fourth-order valence-electron chi connectivity index (χ4n) is 2.43. The van der Waals surface area contributed by atoms with Crippen LogP contribution in [0.2, 0.25) is 0 Å².